The number of thioether (sulfide) groups is 1. The zero-order chi connectivity index (χ0) is 7.28. The van der Waals surface area contributed by atoms with E-state index >= 15 is 0 Å². The average molecular weight is 185 g/mol. The first-order chi connectivity index (χ1) is 4.16. The van der Waals surface area contributed by atoms with Crippen LogP contribution >= 0.6 is 35.6 Å². The van der Waals surface area contributed by atoms with Crippen molar-refractivity contribution in [1.82, 2.24) is 0 Å². The van der Waals surface area contributed by atoms with Gasteiger partial charge in [-0.25, -0.2) is 0 Å². The molecule has 0 atom stereocenters. The van der Waals surface area contributed by atoms with Crippen molar-refractivity contribution >= 4 is 44.5 Å². The molecule has 0 radical (unpaired) electrons. The van der Waals surface area contributed by atoms with Gasteiger partial charge in [0.1, 0.15) is 0 Å². The second-order valence-electron chi connectivity index (χ2n) is 1.02. The Hall–Kier alpha value is 0.200. The summed E-state index contributed by atoms with van der Waals surface area (Å²) in [4.78, 5) is 10.1. The molecule has 52 valence electrons. The predicted molar refractivity (Wildman–Crippen MR) is 43.1 cm³/mol. The maximum atomic E-state index is 10.1. The van der Waals surface area contributed by atoms with Crippen LogP contribution in [0.5, 0.6) is 0 Å². The molecule has 0 amide bonds. The highest BCUT2D eigenvalue weighted by Crippen LogP contribution is 2.10. The largest absolute Gasteiger partial charge is 0.479 e. The normalized spacial score (nSPS) is 8.67. The lowest BCUT2D eigenvalue weighted by molar-refractivity contribution is 0.276. The summed E-state index contributed by atoms with van der Waals surface area (Å²) < 4.78 is 4.36. The van der Waals surface area contributed by atoms with Gasteiger partial charge in [0.15, 0.2) is 0 Å². The van der Waals surface area contributed by atoms with Crippen LogP contribution in [0, 0.1) is 0 Å². The second-order valence-corrected chi connectivity index (χ2v) is 3.17. The molecule has 0 aromatic rings. The Morgan fingerprint density at radius 2 is 2.44 bits per heavy atom. The van der Waals surface area contributed by atoms with Gasteiger partial charge < -0.3 is 4.74 Å². The lowest BCUT2D eigenvalue weighted by Gasteiger charge is -1.97. The van der Waals surface area contributed by atoms with Gasteiger partial charge in [-0.15, -0.1) is 0 Å². The summed E-state index contributed by atoms with van der Waals surface area (Å²) in [6.45, 7) is 2.25. The fraction of sp³-hybridized carbons (Fsp3) is 0.500. The minimum absolute atomic E-state index is 0.178. The van der Waals surface area contributed by atoms with Gasteiger partial charge in [-0.1, -0.05) is 0 Å². The quantitative estimate of drug-likeness (QED) is 0.462. The fourth-order valence-corrected chi connectivity index (χ4v) is 1.21. The predicted octanol–water partition coefficient (Wildman–Crippen LogP) is 2.40. The van der Waals surface area contributed by atoms with E-state index in [2.05, 4.69) is 12.2 Å². The number of carbonyl (C=O) groups excluding carboxylic acids is 1. The maximum Gasteiger partial charge on any atom is 0.288 e. The molecule has 0 heterocycles. The van der Waals surface area contributed by atoms with Gasteiger partial charge in [0, 0.05) is 11.8 Å². The monoisotopic (exact) mass is 184 g/mol. The number of halogens is 1. The highest BCUT2D eigenvalue weighted by Gasteiger charge is 2.02. The molecule has 0 spiro atoms. The standard InChI is InChI=1S/C4H5ClO2S2/c1-2-7-4(8)9-3(5)6/h2H2,1H3. The molecule has 0 aromatic carbocycles. The first kappa shape index (κ1) is 9.20. The van der Waals surface area contributed by atoms with Crippen molar-refractivity contribution in [3.8, 4) is 0 Å². The Morgan fingerprint density at radius 3 is 2.78 bits per heavy atom. The highest BCUT2D eigenvalue weighted by atomic mass is 35.5. The van der Waals surface area contributed by atoms with Crippen molar-refractivity contribution in [3.63, 3.8) is 0 Å². The molecule has 0 rings (SSSR count). The van der Waals surface area contributed by atoms with Crippen LogP contribution in [0.3, 0.4) is 0 Å². The summed E-state index contributed by atoms with van der Waals surface area (Å²) in [5, 5.41) is 0. The van der Waals surface area contributed by atoms with Crippen LogP contribution in [0.1, 0.15) is 6.92 Å². The zero-order valence-corrected chi connectivity index (χ0v) is 7.11. The lowest BCUT2D eigenvalue weighted by Crippen LogP contribution is -1.96. The van der Waals surface area contributed by atoms with E-state index in [-0.39, 0.29) is 4.38 Å². The van der Waals surface area contributed by atoms with E-state index in [1.54, 1.807) is 6.92 Å². The highest BCUT2D eigenvalue weighted by molar-refractivity contribution is 8.34. The van der Waals surface area contributed by atoms with Crippen LogP contribution in [-0.2, 0) is 4.74 Å². The van der Waals surface area contributed by atoms with Crippen LogP contribution in [0.25, 0.3) is 0 Å². The van der Waals surface area contributed by atoms with E-state index in [1.807, 2.05) is 0 Å². The van der Waals surface area contributed by atoms with Crippen LogP contribution in [0.2, 0.25) is 0 Å². The van der Waals surface area contributed by atoms with E-state index < -0.39 is 4.57 Å². The Kier molecular flexibility index (Phi) is 5.13. The maximum absolute atomic E-state index is 10.1. The number of carbonyl (C=O) groups is 1. The molecule has 5 heteroatoms. The van der Waals surface area contributed by atoms with Gasteiger partial charge in [-0.2, -0.15) is 0 Å². The SMILES string of the molecule is CCOC(=S)SC(=O)Cl. The summed E-state index contributed by atoms with van der Waals surface area (Å²) in [5.41, 5.74) is 0. The molecule has 9 heavy (non-hydrogen) atoms. The zero-order valence-electron chi connectivity index (χ0n) is 4.72. The van der Waals surface area contributed by atoms with E-state index in [1.165, 1.54) is 0 Å². The van der Waals surface area contributed by atoms with Crippen molar-refractivity contribution < 1.29 is 9.53 Å². The molecule has 0 unspecified atom stereocenters. The van der Waals surface area contributed by atoms with Gasteiger partial charge in [0.25, 0.3) is 4.57 Å². The molecule has 0 fully saturated rings. The molecule has 0 saturated heterocycles. The number of thiocarbonyl (C=S) groups is 1. The van der Waals surface area contributed by atoms with Crippen LogP contribution in [0.4, 0.5) is 4.79 Å². The van der Waals surface area contributed by atoms with E-state index in [0.717, 1.165) is 0 Å². The Morgan fingerprint density at radius 1 is 1.89 bits per heavy atom. The first-order valence-electron chi connectivity index (χ1n) is 2.21. The minimum atomic E-state index is -0.562. The van der Waals surface area contributed by atoms with Crippen LogP contribution in [-0.4, -0.2) is 15.6 Å². The topological polar surface area (TPSA) is 26.3 Å². The van der Waals surface area contributed by atoms with Crippen LogP contribution < -0.4 is 0 Å². The fourth-order valence-electron chi connectivity index (χ4n) is 0.213. The van der Waals surface area contributed by atoms with E-state index in [4.69, 9.17) is 16.3 Å². The minimum Gasteiger partial charge on any atom is -0.479 e. The molecule has 2 nitrogen and oxygen atoms in total. The Labute approximate surface area is 67.9 Å². The summed E-state index contributed by atoms with van der Waals surface area (Å²) in [6, 6.07) is 0. The van der Waals surface area contributed by atoms with Gasteiger partial charge in [0.05, 0.1) is 6.61 Å². The summed E-state index contributed by atoms with van der Waals surface area (Å²) in [7, 11) is 0. The molecule has 0 aliphatic carbocycles. The molecular weight excluding hydrogens is 180 g/mol. The van der Waals surface area contributed by atoms with Gasteiger partial charge in [0.2, 0.25) is 4.38 Å². The number of hydrogen-bond donors (Lipinski definition) is 0. The number of ether oxygens (including phenoxy) is 1. The number of hydrogen-bond acceptors (Lipinski definition) is 4. The van der Waals surface area contributed by atoms with E-state index in [9.17, 15) is 4.79 Å². The molecular formula is C4H5ClO2S2. The molecule has 0 aliphatic heterocycles. The van der Waals surface area contributed by atoms with Crippen molar-refractivity contribution in [1.29, 1.82) is 0 Å². The number of rotatable bonds is 1. The van der Waals surface area contributed by atoms with Crippen molar-refractivity contribution in [2.45, 2.75) is 6.92 Å². The van der Waals surface area contributed by atoms with Crippen molar-refractivity contribution in [3.05, 3.63) is 0 Å². The smallest absolute Gasteiger partial charge is 0.288 e. The van der Waals surface area contributed by atoms with Gasteiger partial charge in [-0.05, 0) is 30.7 Å². The third-order valence-electron chi connectivity index (χ3n) is 0.426. The molecule has 0 bridgehead atoms. The summed E-state index contributed by atoms with van der Waals surface area (Å²) in [5.74, 6) is 0. The molecule has 0 saturated carbocycles. The lowest BCUT2D eigenvalue weighted by atomic mass is 10.9. The molecule has 0 aromatic heterocycles. The molecule has 0 N–H and O–H groups in total. The third-order valence-corrected chi connectivity index (χ3v) is 1.47. The Balaban J connectivity index is 3.39. The second kappa shape index (κ2) is 5.02. The first-order valence-corrected chi connectivity index (χ1v) is 3.81. The van der Waals surface area contributed by atoms with E-state index in [0.29, 0.717) is 18.4 Å². The summed E-state index contributed by atoms with van der Waals surface area (Å²) in [6.07, 6.45) is 0. The van der Waals surface area contributed by atoms with Gasteiger partial charge in [-0.3, -0.25) is 4.79 Å². The van der Waals surface area contributed by atoms with Crippen LogP contribution in [0.15, 0.2) is 0 Å². The van der Waals surface area contributed by atoms with Crippen molar-refractivity contribution in [2.24, 2.45) is 0 Å². The van der Waals surface area contributed by atoms with Gasteiger partial charge >= 0.3 is 0 Å². The van der Waals surface area contributed by atoms with Crippen molar-refractivity contribution in [2.75, 3.05) is 6.61 Å². The Bertz CT molecular complexity index is 126. The average Bonchev–Trinajstić information content (AvgIpc) is 1.63. The molecule has 0 aliphatic rings. The third kappa shape index (κ3) is 6.08. The summed E-state index contributed by atoms with van der Waals surface area (Å²) >= 11 is 10.2.